The van der Waals surface area contributed by atoms with Crippen molar-refractivity contribution in [2.45, 2.75) is 6.92 Å². The summed E-state index contributed by atoms with van der Waals surface area (Å²) in [6.07, 6.45) is 5.46. The number of methoxy groups -OCH3 is 1. The molecule has 0 amide bonds. The summed E-state index contributed by atoms with van der Waals surface area (Å²) in [4.78, 5) is 18.7. The van der Waals surface area contributed by atoms with Crippen molar-refractivity contribution >= 4 is 11.6 Å². The van der Waals surface area contributed by atoms with E-state index in [2.05, 4.69) is 19.9 Å². The lowest BCUT2D eigenvalue weighted by Crippen LogP contribution is -2.10. The first-order valence-electron chi connectivity index (χ1n) is 8.56. The predicted molar refractivity (Wildman–Crippen MR) is 105 cm³/mol. The number of hydrogen-bond acceptors (Lipinski definition) is 5. The van der Waals surface area contributed by atoms with Crippen LogP contribution in [0, 0.1) is 6.92 Å². The van der Waals surface area contributed by atoms with Gasteiger partial charge in [0, 0.05) is 18.9 Å². The average molecular weight is 360 g/mol. The Bertz CT molecular complexity index is 1050. The molecular weight excluding hydrogens is 340 g/mol. The molecule has 0 saturated heterocycles. The van der Waals surface area contributed by atoms with E-state index in [9.17, 15) is 0 Å². The Morgan fingerprint density at radius 2 is 1.89 bits per heavy atom. The average Bonchev–Trinajstić information content (AvgIpc) is 3.37. The summed E-state index contributed by atoms with van der Waals surface area (Å²) in [5.74, 6) is 1.27. The van der Waals surface area contributed by atoms with Crippen molar-refractivity contribution in [1.82, 2.24) is 24.5 Å². The van der Waals surface area contributed by atoms with E-state index in [-0.39, 0.29) is 0 Å². The zero-order valence-corrected chi connectivity index (χ0v) is 15.4. The first kappa shape index (κ1) is 16.8. The van der Waals surface area contributed by atoms with E-state index in [1.807, 2.05) is 72.1 Å². The van der Waals surface area contributed by atoms with E-state index in [4.69, 9.17) is 4.74 Å². The third kappa shape index (κ3) is 3.27. The smallest absolute Gasteiger partial charge is 0.238 e. The highest BCUT2D eigenvalue weighted by atomic mass is 16.5. The highest BCUT2D eigenvalue weighted by molar-refractivity contribution is 5.63. The fraction of sp³-hybridized carbons (Fsp3) is 0.150. The molecule has 3 aromatic heterocycles. The van der Waals surface area contributed by atoms with Crippen molar-refractivity contribution in [3.8, 4) is 23.0 Å². The number of aryl methyl sites for hydroxylation is 1. The summed E-state index contributed by atoms with van der Waals surface area (Å²) >= 11 is 0. The fourth-order valence-electron chi connectivity index (χ4n) is 2.87. The first-order valence-corrected chi connectivity index (χ1v) is 8.56. The van der Waals surface area contributed by atoms with E-state index in [1.54, 1.807) is 19.6 Å². The summed E-state index contributed by atoms with van der Waals surface area (Å²) in [6.45, 7) is 1.94. The van der Waals surface area contributed by atoms with E-state index in [0.29, 0.717) is 5.88 Å². The molecule has 0 fully saturated rings. The molecule has 1 N–H and O–H groups in total. The molecule has 0 spiro atoms. The van der Waals surface area contributed by atoms with Crippen molar-refractivity contribution in [2.75, 3.05) is 19.1 Å². The molecule has 136 valence electrons. The lowest BCUT2D eigenvalue weighted by Gasteiger charge is -2.15. The molecule has 0 radical (unpaired) electrons. The van der Waals surface area contributed by atoms with Crippen LogP contribution < -0.4 is 9.64 Å². The number of nitrogens with one attached hydrogen (secondary N) is 1. The van der Waals surface area contributed by atoms with Crippen LogP contribution in [0.4, 0.5) is 11.6 Å². The van der Waals surface area contributed by atoms with Crippen LogP contribution >= 0.6 is 0 Å². The van der Waals surface area contributed by atoms with Crippen LogP contribution in [-0.4, -0.2) is 38.7 Å². The van der Waals surface area contributed by atoms with Gasteiger partial charge in [0.25, 0.3) is 0 Å². The zero-order chi connectivity index (χ0) is 18.8. The van der Waals surface area contributed by atoms with Crippen LogP contribution in [0.25, 0.3) is 17.1 Å². The maximum Gasteiger partial charge on any atom is 0.238 e. The minimum Gasteiger partial charge on any atom is -0.479 e. The van der Waals surface area contributed by atoms with Crippen LogP contribution in [0.15, 0.2) is 61.2 Å². The maximum absolute atomic E-state index is 5.49. The number of nitrogens with zero attached hydrogens (tertiary/aromatic N) is 5. The van der Waals surface area contributed by atoms with Crippen molar-refractivity contribution in [1.29, 1.82) is 0 Å². The van der Waals surface area contributed by atoms with E-state index in [1.165, 1.54) is 0 Å². The lowest BCUT2D eigenvalue weighted by molar-refractivity contribution is 0.396. The Kier molecular flexibility index (Phi) is 4.33. The normalized spacial score (nSPS) is 10.8. The topological polar surface area (TPSA) is 71.9 Å². The van der Waals surface area contributed by atoms with Gasteiger partial charge in [-0.05, 0) is 31.2 Å². The van der Waals surface area contributed by atoms with Crippen molar-refractivity contribution in [2.24, 2.45) is 0 Å². The molecular formula is C20H20N6O. The predicted octanol–water partition coefficient (Wildman–Crippen LogP) is 3.74. The number of imidazole rings is 2. The third-order valence-corrected chi connectivity index (χ3v) is 4.32. The molecule has 7 heteroatoms. The van der Waals surface area contributed by atoms with Crippen LogP contribution in [0.5, 0.6) is 5.88 Å². The van der Waals surface area contributed by atoms with Crippen molar-refractivity contribution in [3.05, 3.63) is 66.9 Å². The Morgan fingerprint density at radius 1 is 1.07 bits per heavy atom. The number of ether oxygens (including phenoxy) is 1. The number of para-hydroxylation sites is 1. The fourth-order valence-corrected chi connectivity index (χ4v) is 2.87. The molecule has 0 atom stereocenters. The second-order valence-corrected chi connectivity index (χ2v) is 6.16. The standard InChI is InChI=1S/C20H20N6O/c1-14-12-26(13-22-14)18-10-9-16(23-19(18)27-3)17-11-21-20(24-17)25(2)15-7-5-4-6-8-15/h4-13H,1-3H3,(H,21,24). The molecule has 0 aliphatic heterocycles. The number of H-pyrrole nitrogens is 1. The number of anilines is 2. The molecule has 4 aromatic rings. The molecule has 0 bridgehead atoms. The van der Waals surface area contributed by atoms with Gasteiger partial charge in [0.2, 0.25) is 11.8 Å². The summed E-state index contributed by atoms with van der Waals surface area (Å²) < 4.78 is 7.39. The van der Waals surface area contributed by atoms with E-state index < -0.39 is 0 Å². The SMILES string of the molecule is COc1nc(-c2cnc(N(C)c3ccccc3)[nH]2)ccc1-n1cnc(C)c1. The second-order valence-electron chi connectivity index (χ2n) is 6.16. The highest BCUT2D eigenvalue weighted by Crippen LogP contribution is 2.27. The monoisotopic (exact) mass is 360 g/mol. The molecule has 1 aromatic carbocycles. The lowest BCUT2D eigenvalue weighted by atomic mass is 10.2. The maximum atomic E-state index is 5.49. The second kappa shape index (κ2) is 6.95. The van der Waals surface area contributed by atoms with Gasteiger partial charge in [-0.2, -0.15) is 0 Å². The minimum absolute atomic E-state index is 0.525. The van der Waals surface area contributed by atoms with E-state index in [0.717, 1.165) is 34.4 Å². The van der Waals surface area contributed by atoms with Crippen LogP contribution in [0.1, 0.15) is 5.69 Å². The van der Waals surface area contributed by atoms with Gasteiger partial charge in [0.15, 0.2) is 0 Å². The van der Waals surface area contributed by atoms with Crippen molar-refractivity contribution in [3.63, 3.8) is 0 Å². The number of aromatic amines is 1. The van der Waals surface area contributed by atoms with Gasteiger partial charge in [-0.3, -0.25) is 0 Å². The van der Waals surface area contributed by atoms with Gasteiger partial charge in [-0.1, -0.05) is 18.2 Å². The van der Waals surface area contributed by atoms with Crippen LogP contribution in [0.2, 0.25) is 0 Å². The summed E-state index contributed by atoms with van der Waals surface area (Å²) in [6, 6.07) is 14.0. The molecule has 0 aliphatic rings. The summed E-state index contributed by atoms with van der Waals surface area (Å²) in [7, 11) is 3.58. The zero-order valence-electron chi connectivity index (χ0n) is 15.4. The van der Waals surface area contributed by atoms with Crippen LogP contribution in [0.3, 0.4) is 0 Å². The third-order valence-electron chi connectivity index (χ3n) is 4.32. The number of benzene rings is 1. The van der Waals surface area contributed by atoms with Gasteiger partial charge >= 0.3 is 0 Å². The number of aromatic nitrogens is 5. The summed E-state index contributed by atoms with van der Waals surface area (Å²) in [5, 5.41) is 0. The van der Waals surface area contributed by atoms with E-state index >= 15 is 0 Å². The number of rotatable bonds is 5. The van der Waals surface area contributed by atoms with Gasteiger partial charge in [0.1, 0.15) is 5.69 Å². The molecule has 7 nitrogen and oxygen atoms in total. The van der Waals surface area contributed by atoms with Gasteiger partial charge in [0.05, 0.1) is 36.7 Å². The molecule has 27 heavy (non-hydrogen) atoms. The Morgan fingerprint density at radius 3 is 2.59 bits per heavy atom. The minimum atomic E-state index is 0.525. The van der Waals surface area contributed by atoms with Gasteiger partial charge < -0.3 is 19.2 Å². The van der Waals surface area contributed by atoms with Crippen molar-refractivity contribution < 1.29 is 4.74 Å². The molecule has 3 heterocycles. The Balaban J connectivity index is 1.65. The highest BCUT2D eigenvalue weighted by Gasteiger charge is 2.13. The molecule has 0 aliphatic carbocycles. The van der Waals surface area contributed by atoms with Crippen LogP contribution in [-0.2, 0) is 0 Å². The number of pyridine rings is 1. The summed E-state index contributed by atoms with van der Waals surface area (Å²) in [5.41, 5.74) is 4.40. The molecule has 0 saturated carbocycles. The molecule has 4 rings (SSSR count). The first-order chi connectivity index (χ1) is 13.2. The molecule has 0 unspecified atom stereocenters. The largest absolute Gasteiger partial charge is 0.479 e. The van der Waals surface area contributed by atoms with Gasteiger partial charge in [-0.25, -0.2) is 15.0 Å². The number of hydrogen-bond donors (Lipinski definition) is 1. The Labute approximate surface area is 157 Å². The quantitative estimate of drug-likeness (QED) is 0.587. The Hall–Kier alpha value is -3.61. The van der Waals surface area contributed by atoms with Gasteiger partial charge in [-0.15, -0.1) is 0 Å².